The summed E-state index contributed by atoms with van der Waals surface area (Å²) in [6.07, 6.45) is 1.39. The van der Waals surface area contributed by atoms with E-state index in [1.807, 2.05) is 6.07 Å². The number of aryl methyl sites for hydroxylation is 1. The van der Waals surface area contributed by atoms with E-state index in [0.717, 1.165) is 0 Å². The van der Waals surface area contributed by atoms with Crippen molar-refractivity contribution in [3.63, 3.8) is 0 Å². The predicted octanol–water partition coefficient (Wildman–Crippen LogP) is 3.52. The zero-order valence-corrected chi connectivity index (χ0v) is 18.4. The number of halogens is 1. The number of hydrogen-bond acceptors (Lipinski definition) is 8. The number of nitrogens with zero attached hydrogens (tertiary/aromatic N) is 6. The molecule has 12 heteroatoms. The quantitative estimate of drug-likeness (QED) is 0.380. The summed E-state index contributed by atoms with van der Waals surface area (Å²) in [7, 11) is 1.57. The van der Waals surface area contributed by atoms with Gasteiger partial charge in [0.2, 0.25) is 11.9 Å². The third kappa shape index (κ3) is 5.98. The van der Waals surface area contributed by atoms with Gasteiger partial charge in [-0.1, -0.05) is 11.8 Å². The molecule has 11 nitrogen and oxygen atoms in total. The second kappa shape index (κ2) is 10.8. The van der Waals surface area contributed by atoms with Crippen molar-refractivity contribution in [2.45, 2.75) is 25.9 Å². The lowest BCUT2D eigenvalue weighted by Gasteiger charge is -2.14. The van der Waals surface area contributed by atoms with Gasteiger partial charge in [-0.15, -0.1) is 5.10 Å². The van der Waals surface area contributed by atoms with Gasteiger partial charge in [0.15, 0.2) is 11.5 Å². The fourth-order valence-corrected chi connectivity index (χ4v) is 2.87. The monoisotopic (exact) mass is 464 g/mol. The topological polar surface area (TPSA) is 148 Å². The summed E-state index contributed by atoms with van der Waals surface area (Å²) in [6, 6.07) is 8.12. The van der Waals surface area contributed by atoms with Gasteiger partial charge in [0.1, 0.15) is 6.10 Å². The van der Waals surface area contributed by atoms with Crippen LogP contribution in [0.3, 0.4) is 0 Å². The molecule has 0 aliphatic rings. The first-order valence-electron chi connectivity index (χ1n) is 10.1. The molecule has 34 heavy (non-hydrogen) atoms. The first-order chi connectivity index (χ1) is 16.3. The summed E-state index contributed by atoms with van der Waals surface area (Å²) >= 11 is 0. The van der Waals surface area contributed by atoms with Gasteiger partial charge in [0.25, 0.3) is 0 Å². The highest BCUT2D eigenvalue weighted by Gasteiger charge is 2.20. The Morgan fingerprint density at radius 3 is 2.74 bits per heavy atom. The number of pyridine rings is 2. The van der Waals surface area contributed by atoms with Crippen molar-refractivity contribution in [3.8, 4) is 17.5 Å². The van der Waals surface area contributed by atoms with Gasteiger partial charge in [0, 0.05) is 30.8 Å². The molecule has 3 aromatic heterocycles. The number of allylic oxidation sites excluding steroid dienone is 1. The van der Waals surface area contributed by atoms with Crippen LogP contribution in [0.4, 0.5) is 20.7 Å². The number of hydrogen-bond donors (Lipinski definition) is 2. The summed E-state index contributed by atoms with van der Waals surface area (Å²) in [4.78, 5) is 32.2. The molecule has 1 atom stereocenters. The predicted molar refractivity (Wildman–Crippen MR) is 120 cm³/mol. The van der Waals surface area contributed by atoms with Gasteiger partial charge in [-0.25, -0.2) is 14.5 Å². The van der Waals surface area contributed by atoms with Gasteiger partial charge in [-0.05, 0) is 37.6 Å². The first-order valence-corrected chi connectivity index (χ1v) is 10.1. The molecule has 0 aliphatic carbocycles. The van der Waals surface area contributed by atoms with Crippen molar-refractivity contribution < 1.29 is 18.7 Å². The van der Waals surface area contributed by atoms with Crippen molar-refractivity contribution in [2.24, 2.45) is 7.05 Å². The third-order valence-corrected chi connectivity index (χ3v) is 4.66. The van der Waals surface area contributed by atoms with Crippen LogP contribution in [0.1, 0.15) is 31.4 Å². The fourth-order valence-electron chi connectivity index (χ4n) is 2.87. The van der Waals surface area contributed by atoms with Gasteiger partial charge in [0.05, 0.1) is 23.6 Å². The lowest BCUT2D eigenvalue weighted by Crippen LogP contribution is -2.19. The second-order valence-electron chi connectivity index (χ2n) is 7.16. The van der Waals surface area contributed by atoms with E-state index < -0.39 is 18.1 Å². The number of amides is 2. The number of rotatable bonds is 8. The van der Waals surface area contributed by atoms with Gasteiger partial charge in [-0.3, -0.25) is 15.1 Å². The molecule has 0 fully saturated rings. The molecule has 0 saturated carbocycles. The Hall–Kier alpha value is -4.66. The maximum absolute atomic E-state index is 13.8. The Labute approximate surface area is 194 Å². The van der Waals surface area contributed by atoms with E-state index in [-0.39, 0.29) is 35.8 Å². The van der Waals surface area contributed by atoms with E-state index in [9.17, 15) is 14.0 Å². The number of carbonyl (C=O) groups excluding carboxylic acids is 2. The van der Waals surface area contributed by atoms with Crippen LogP contribution in [0, 0.1) is 17.3 Å². The van der Waals surface area contributed by atoms with Gasteiger partial charge < -0.3 is 10.1 Å². The van der Waals surface area contributed by atoms with Gasteiger partial charge >= 0.3 is 6.09 Å². The molecule has 2 amide bonds. The molecule has 174 valence electrons. The van der Waals surface area contributed by atoms with Crippen molar-refractivity contribution in [3.05, 3.63) is 60.3 Å². The number of aromatic nitrogens is 5. The zero-order chi connectivity index (χ0) is 24.7. The Morgan fingerprint density at radius 2 is 2.06 bits per heavy atom. The molecule has 2 N–H and O–H groups in total. The second-order valence-corrected chi connectivity index (χ2v) is 7.16. The SMILES string of the molecule is C=C(C#N)CCC(=O)Nc1ccc(-c2nnn(C)c2NC(=O)O[C@H](C)c2cccnc2F)nc1. The average molecular weight is 464 g/mol. The third-order valence-electron chi connectivity index (χ3n) is 4.66. The molecule has 3 rings (SSSR count). The Kier molecular flexibility index (Phi) is 7.60. The molecule has 0 radical (unpaired) electrons. The van der Waals surface area contributed by atoms with E-state index in [2.05, 4.69) is 37.5 Å². The van der Waals surface area contributed by atoms with E-state index in [4.69, 9.17) is 10.00 Å². The average Bonchev–Trinajstić information content (AvgIpc) is 3.18. The molecule has 0 bridgehead atoms. The van der Waals surface area contributed by atoms with Crippen LogP contribution in [-0.2, 0) is 16.6 Å². The normalized spacial score (nSPS) is 11.2. The number of carbonyl (C=O) groups is 2. The number of anilines is 2. The number of nitrogens with one attached hydrogen (secondary N) is 2. The molecule has 0 aliphatic heterocycles. The minimum absolute atomic E-state index is 0.121. The van der Waals surface area contributed by atoms with E-state index in [1.54, 1.807) is 25.2 Å². The summed E-state index contributed by atoms with van der Waals surface area (Å²) in [5.74, 6) is -0.796. The highest BCUT2D eigenvalue weighted by atomic mass is 19.1. The Balaban J connectivity index is 1.66. The van der Waals surface area contributed by atoms with E-state index in [1.165, 1.54) is 30.1 Å². The zero-order valence-electron chi connectivity index (χ0n) is 18.4. The highest BCUT2D eigenvalue weighted by molar-refractivity contribution is 5.91. The standard InChI is InChI=1S/C22H21FN8O3/c1-13(11-24)6-9-18(32)27-15-7-8-17(26-12-15)19-21(31(3)30-29-19)28-22(33)34-14(2)16-5-4-10-25-20(16)23/h4-5,7-8,10,12,14H,1,6,9H2,2-3H3,(H,27,32)(H,28,33)/t14-/m1/s1. The molecule has 3 aromatic rings. The van der Waals surface area contributed by atoms with Crippen LogP contribution < -0.4 is 10.6 Å². The van der Waals surface area contributed by atoms with E-state index >= 15 is 0 Å². The molecule has 0 unspecified atom stereocenters. The molecule has 0 aromatic carbocycles. The summed E-state index contributed by atoms with van der Waals surface area (Å²) < 4.78 is 20.4. The summed E-state index contributed by atoms with van der Waals surface area (Å²) in [5.41, 5.74) is 1.55. The van der Waals surface area contributed by atoms with Crippen LogP contribution in [0.5, 0.6) is 0 Å². The first kappa shape index (κ1) is 24.0. The van der Waals surface area contributed by atoms with Crippen molar-refractivity contribution in [1.29, 1.82) is 5.26 Å². The van der Waals surface area contributed by atoms with Crippen molar-refractivity contribution in [2.75, 3.05) is 10.6 Å². The molecule has 0 spiro atoms. The van der Waals surface area contributed by atoms with Crippen LogP contribution in [0.15, 0.2) is 48.8 Å². The maximum Gasteiger partial charge on any atom is 0.413 e. The smallest absolute Gasteiger partial charge is 0.413 e. The van der Waals surface area contributed by atoms with Crippen LogP contribution in [-0.4, -0.2) is 37.0 Å². The Bertz CT molecular complexity index is 1250. The lowest BCUT2D eigenvalue weighted by molar-refractivity contribution is -0.116. The Morgan fingerprint density at radius 1 is 1.26 bits per heavy atom. The number of nitriles is 1. The fraction of sp³-hybridized carbons (Fsp3) is 0.227. The minimum atomic E-state index is -0.885. The molecular weight excluding hydrogens is 443 g/mol. The van der Waals surface area contributed by atoms with Crippen LogP contribution >= 0.6 is 0 Å². The lowest BCUT2D eigenvalue weighted by atomic mass is 10.2. The van der Waals surface area contributed by atoms with Crippen LogP contribution in [0.2, 0.25) is 0 Å². The van der Waals surface area contributed by atoms with Gasteiger partial charge in [-0.2, -0.15) is 9.65 Å². The minimum Gasteiger partial charge on any atom is -0.441 e. The molecule has 3 heterocycles. The summed E-state index contributed by atoms with van der Waals surface area (Å²) in [5, 5.41) is 21.8. The van der Waals surface area contributed by atoms with Crippen LogP contribution in [0.25, 0.3) is 11.4 Å². The van der Waals surface area contributed by atoms with Crippen molar-refractivity contribution >= 4 is 23.5 Å². The highest BCUT2D eigenvalue weighted by Crippen LogP contribution is 2.25. The maximum atomic E-state index is 13.8. The van der Waals surface area contributed by atoms with E-state index in [0.29, 0.717) is 17.0 Å². The molecular formula is C22H21FN8O3. The van der Waals surface area contributed by atoms with Crippen molar-refractivity contribution in [1.82, 2.24) is 25.0 Å². The number of ether oxygens (including phenoxy) is 1. The largest absolute Gasteiger partial charge is 0.441 e. The molecule has 0 saturated heterocycles. The summed E-state index contributed by atoms with van der Waals surface area (Å²) in [6.45, 7) is 5.06.